The van der Waals surface area contributed by atoms with Crippen molar-refractivity contribution >= 4 is 23.2 Å². The quantitative estimate of drug-likeness (QED) is 0.877. The number of hydrogen-bond donors (Lipinski definition) is 2. The van der Waals surface area contributed by atoms with Gasteiger partial charge in [0.15, 0.2) is 0 Å². The highest BCUT2D eigenvalue weighted by molar-refractivity contribution is 6.34. The molecule has 0 aliphatic heterocycles. The Bertz CT molecular complexity index is 380. The number of hydrogen-bond acceptors (Lipinski definition) is 3. The van der Waals surface area contributed by atoms with E-state index in [-0.39, 0.29) is 0 Å². The topological polar surface area (TPSA) is 41.5 Å². The number of ether oxygens (including phenoxy) is 1. The molecule has 1 aromatic rings. The van der Waals surface area contributed by atoms with Crippen molar-refractivity contribution in [2.75, 3.05) is 20.7 Å². The number of halogens is 2. The first-order chi connectivity index (χ1) is 7.42. The summed E-state index contributed by atoms with van der Waals surface area (Å²) in [6, 6.07) is 3.23. The molecule has 90 valence electrons. The molecule has 0 amide bonds. The van der Waals surface area contributed by atoms with E-state index in [2.05, 4.69) is 5.32 Å². The van der Waals surface area contributed by atoms with Crippen LogP contribution in [0.15, 0.2) is 12.1 Å². The fourth-order valence-electron chi connectivity index (χ4n) is 1.54. The number of aliphatic hydroxyl groups is 1. The number of likely N-dealkylation sites (N-methyl/N-ethyl adjacent to an activating group) is 1. The van der Waals surface area contributed by atoms with Crippen molar-refractivity contribution in [2.45, 2.75) is 12.5 Å². The van der Waals surface area contributed by atoms with Gasteiger partial charge in [-0.05, 0) is 20.0 Å². The molecule has 5 heteroatoms. The van der Waals surface area contributed by atoms with Crippen LogP contribution in [0.3, 0.4) is 0 Å². The van der Waals surface area contributed by atoms with E-state index in [9.17, 15) is 5.11 Å². The van der Waals surface area contributed by atoms with Crippen LogP contribution < -0.4 is 10.1 Å². The molecule has 0 saturated heterocycles. The summed E-state index contributed by atoms with van der Waals surface area (Å²) in [5.41, 5.74) is -0.490. The number of benzene rings is 1. The molecule has 2 N–H and O–H groups in total. The van der Waals surface area contributed by atoms with Crippen LogP contribution in [0.5, 0.6) is 5.75 Å². The maximum Gasteiger partial charge on any atom is 0.138 e. The van der Waals surface area contributed by atoms with Gasteiger partial charge in [-0.3, -0.25) is 0 Å². The van der Waals surface area contributed by atoms with Crippen LogP contribution in [0.4, 0.5) is 0 Å². The summed E-state index contributed by atoms with van der Waals surface area (Å²) in [5.74, 6) is 0.496. The van der Waals surface area contributed by atoms with Gasteiger partial charge in [0.2, 0.25) is 0 Å². The second-order valence-corrected chi connectivity index (χ2v) is 4.59. The summed E-state index contributed by atoms with van der Waals surface area (Å²) in [6.07, 6.45) is 0. The van der Waals surface area contributed by atoms with Gasteiger partial charge in [-0.2, -0.15) is 0 Å². The van der Waals surface area contributed by atoms with E-state index < -0.39 is 5.60 Å². The first-order valence-corrected chi connectivity index (χ1v) is 5.58. The van der Waals surface area contributed by atoms with Gasteiger partial charge in [0.25, 0.3) is 0 Å². The highest BCUT2D eigenvalue weighted by Crippen LogP contribution is 2.35. The predicted molar refractivity (Wildman–Crippen MR) is 66.5 cm³/mol. The third-order valence-electron chi connectivity index (χ3n) is 2.34. The monoisotopic (exact) mass is 263 g/mol. The van der Waals surface area contributed by atoms with Crippen LogP contribution in [-0.2, 0) is 5.60 Å². The second kappa shape index (κ2) is 5.23. The van der Waals surface area contributed by atoms with Gasteiger partial charge >= 0.3 is 0 Å². The molecule has 0 aliphatic rings. The second-order valence-electron chi connectivity index (χ2n) is 3.77. The summed E-state index contributed by atoms with van der Waals surface area (Å²) >= 11 is 12.1. The molecule has 1 unspecified atom stereocenters. The van der Waals surface area contributed by atoms with Gasteiger partial charge in [0.1, 0.15) is 11.4 Å². The Morgan fingerprint density at radius 3 is 2.50 bits per heavy atom. The van der Waals surface area contributed by atoms with Crippen molar-refractivity contribution < 1.29 is 9.84 Å². The molecule has 1 aromatic carbocycles. The van der Waals surface area contributed by atoms with Crippen LogP contribution in [-0.4, -0.2) is 25.8 Å². The van der Waals surface area contributed by atoms with Gasteiger partial charge in [-0.1, -0.05) is 23.2 Å². The smallest absolute Gasteiger partial charge is 0.138 e. The molecule has 0 radical (unpaired) electrons. The van der Waals surface area contributed by atoms with Crippen molar-refractivity contribution in [3.8, 4) is 5.75 Å². The molecule has 1 atom stereocenters. The van der Waals surface area contributed by atoms with Gasteiger partial charge < -0.3 is 15.2 Å². The van der Waals surface area contributed by atoms with Gasteiger partial charge in [-0.15, -0.1) is 0 Å². The first kappa shape index (κ1) is 13.6. The standard InChI is InChI=1S/C11H15Cl2NO2/c1-11(15,6-14-2)7-4-9(13)10(16-3)5-8(7)12/h4-5,14-15H,6H2,1-3H3. The predicted octanol–water partition coefficient (Wildman–Crippen LogP) is 2.43. The van der Waals surface area contributed by atoms with Crippen molar-refractivity contribution in [3.63, 3.8) is 0 Å². The fraction of sp³-hybridized carbons (Fsp3) is 0.455. The molecule has 3 nitrogen and oxygen atoms in total. The first-order valence-electron chi connectivity index (χ1n) is 4.83. The lowest BCUT2D eigenvalue weighted by molar-refractivity contribution is 0.0592. The molecule has 1 rings (SSSR count). The van der Waals surface area contributed by atoms with E-state index >= 15 is 0 Å². The van der Waals surface area contributed by atoms with E-state index in [1.807, 2.05) is 0 Å². The molecule has 0 aliphatic carbocycles. The highest BCUT2D eigenvalue weighted by atomic mass is 35.5. The van der Waals surface area contributed by atoms with Crippen molar-refractivity contribution in [1.82, 2.24) is 5.32 Å². The fourth-order valence-corrected chi connectivity index (χ4v) is 2.14. The third-order valence-corrected chi connectivity index (χ3v) is 2.95. The Kier molecular flexibility index (Phi) is 4.44. The minimum atomic E-state index is -1.07. The summed E-state index contributed by atoms with van der Waals surface area (Å²) in [5, 5.41) is 14.0. The molecule has 0 saturated carbocycles. The molecule has 0 fully saturated rings. The molecule has 0 bridgehead atoms. The molecule has 0 heterocycles. The Balaban J connectivity index is 3.20. The molecule has 0 spiro atoms. The normalized spacial score (nSPS) is 14.6. The summed E-state index contributed by atoms with van der Waals surface area (Å²) < 4.78 is 5.04. The van der Waals surface area contributed by atoms with Gasteiger partial charge in [0.05, 0.1) is 17.2 Å². The van der Waals surface area contributed by atoms with E-state index in [4.69, 9.17) is 27.9 Å². The lowest BCUT2D eigenvalue weighted by Gasteiger charge is -2.25. The van der Waals surface area contributed by atoms with Crippen LogP contribution in [0, 0.1) is 0 Å². The minimum Gasteiger partial charge on any atom is -0.495 e. The molecule has 16 heavy (non-hydrogen) atoms. The minimum absolute atomic E-state index is 0.384. The number of rotatable bonds is 4. The zero-order valence-electron chi connectivity index (χ0n) is 9.47. The largest absolute Gasteiger partial charge is 0.495 e. The van der Waals surface area contributed by atoms with E-state index in [0.29, 0.717) is 27.9 Å². The lowest BCUT2D eigenvalue weighted by atomic mass is 9.96. The zero-order chi connectivity index (χ0) is 12.3. The van der Waals surface area contributed by atoms with Gasteiger partial charge in [0, 0.05) is 18.2 Å². The number of nitrogens with one attached hydrogen (secondary N) is 1. The lowest BCUT2D eigenvalue weighted by Crippen LogP contribution is -2.33. The summed E-state index contributed by atoms with van der Waals surface area (Å²) in [6.45, 7) is 2.06. The molecular weight excluding hydrogens is 249 g/mol. The SMILES string of the molecule is CNCC(C)(O)c1cc(Cl)c(OC)cc1Cl. The average Bonchev–Trinajstić information content (AvgIpc) is 2.20. The van der Waals surface area contributed by atoms with Crippen molar-refractivity contribution in [1.29, 1.82) is 0 Å². The van der Waals surface area contributed by atoms with Crippen LogP contribution in [0.1, 0.15) is 12.5 Å². The summed E-state index contributed by atoms with van der Waals surface area (Å²) in [7, 11) is 3.27. The third kappa shape index (κ3) is 2.80. The zero-order valence-corrected chi connectivity index (χ0v) is 11.0. The number of methoxy groups -OCH3 is 1. The van der Waals surface area contributed by atoms with E-state index in [1.165, 1.54) is 7.11 Å². The van der Waals surface area contributed by atoms with E-state index in [0.717, 1.165) is 0 Å². The summed E-state index contributed by atoms with van der Waals surface area (Å²) in [4.78, 5) is 0. The Morgan fingerprint density at radius 2 is 2.00 bits per heavy atom. The highest BCUT2D eigenvalue weighted by Gasteiger charge is 2.26. The Labute approximate surface area is 105 Å². The molecular formula is C11H15Cl2NO2. The molecule has 0 aromatic heterocycles. The van der Waals surface area contributed by atoms with E-state index in [1.54, 1.807) is 26.1 Å². The van der Waals surface area contributed by atoms with Crippen LogP contribution in [0.25, 0.3) is 0 Å². The Morgan fingerprint density at radius 1 is 1.38 bits per heavy atom. The maximum absolute atomic E-state index is 10.2. The maximum atomic E-state index is 10.2. The van der Waals surface area contributed by atoms with Gasteiger partial charge in [-0.25, -0.2) is 0 Å². The van der Waals surface area contributed by atoms with Crippen molar-refractivity contribution in [3.05, 3.63) is 27.7 Å². The van der Waals surface area contributed by atoms with Crippen LogP contribution in [0.2, 0.25) is 10.0 Å². The average molecular weight is 264 g/mol. The van der Waals surface area contributed by atoms with Crippen LogP contribution >= 0.6 is 23.2 Å². The Hall–Kier alpha value is -0.480. The van der Waals surface area contributed by atoms with Crippen molar-refractivity contribution in [2.24, 2.45) is 0 Å².